The van der Waals surface area contributed by atoms with E-state index in [1.807, 2.05) is 19.1 Å². The zero-order valence-electron chi connectivity index (χ0n) is 15.0. The van der Waals surface area contributed by atoms with Crippen molar-refractivity contribution in [2.45, 2.75) is 13.8 Å². The Bertz CT molecular complexity index is 911. The summed E-state index contributed by atoms with van der Waals surface area (Å²) in [6.45, 7) is 5.21. The fraction of sp³-hybridized carbons (Fsp3) is 0.333. The van der Waals surface area contributed by atoms with Gasteiger partial charge in [-0.05, 0) is 31.5 Å². The number of thiophene rings is 1. The second-order valence-electron chi connectivity index (χ2n) is 5.80. The van der Waals surface area contributed by atoms with E-state index in [0.29, 0.717) is 24.8 Å². The summed E-state index contributed by atoms with van der Waals surface area (Å²) in [5.41, 5.74) is 1.97. The molecule has 0 aliphatic carbocycles. The minimum Gasteiger partial charge on any atom is -0.383 e. The van der Waals surface area contributed by atoms with Gasteiger partial charge >= 0.3 is 0 Å². The lowest BCUT2D eigenvalue weighted by Gasteiger charge is -2.10. The lowest BCUT2D eigenvalue weighted by Crippen LogP contribution is -2.32. The van der Waals surface area contributed by atoms with Gasteiger partial charge in [0.05, 0.1) is 18.5 Å². The Morgan fingerprint density at radius 3 is 2.88 bits per heavy atom. The normalized spacial score (nSPS) is 10.9. The quantitative estimate of drug-likeness (QED) is 0.621. The highest BCUT2D eigenvalue weighted by Crippen LogP contribution is 2.34. The molecule has 3 rings (SSSR count). The Balaban J connectivity index is 1.90. The topological polar surface area (TPSA) is 89.0 Å². The third kappa shape index (κ3) is 3.97. The van der Waals surface area contributed by atoms with E-state index in [-0.39, 0.29) is 12.5 Å². The summed E-state index contributed by atoms with van der Waals surface area (Å²) in [5.74, 6) is 1.15. The van der Waals surface area contributed by atoms with Crippen LogP contribution in [0.1, 0.15) is 10.4 Å². The number of fused-ring (bicyclic) bond motifs is 1. The van der Waals surface area contributed by atoms with Gasteiger partial charge in [0.2, 0.25) is 5.91 Å². The second kappa shape index (κ2) is 8.20. The Labute approximate surface area is 155 Å². The van der Waals surface area contributed by atoms with Gasteiger partial charge in [-0.2, -0.15) is 0 Å². The molecule has 8 heteroatoms. The molecular formula is C18H21N5O2S. The Morgan fingerprint density at radius 1 is 1.31 bits per heavy atom. The summed E-state index contributed by atoms with van der Waals surface area (Å²) < 4.78 is 4.94. The van der Waals surface area contributed by atoms with Crippen LogP contribution in [-0.4, -0.2) is 47.7 Å². The first-order valence-corrected chi connectivity index (χ1v) is 9.09. The van der Waals surface area contributed by atoms with Gasteiger partial charge in [-0.1, -0.05) is 0 Å². The number of aromatic nitrogens is 3. The van der Waals surface area contributed by atoms with Crippen molar-refractivity contribution >= 4 is 33.3 Å². The molecule has 0 fully saturated rings. The number of rotatable bonds is 7. The lowest BCUT2D eigenvalue weighted by molar-refractivity contribution is -0.119. The second-order valence-corrected chi connectivity index (χ2v) is 7.00. The first-order chi connectivity index (χ1) is 12.6. The maximum absolute atomic E-state index is 12.0. The number of methoxy groups -OCH3 is 1. The van der Waals surface area contributed by atoms with Gasteiger partial charge in [0.25, 0.3) is 0 Å². The van der Waals surface area contributed by atoms with E-state index in [0.717, 1.165) is 21.3 Å². The molecule has 3 heterocycles. The van der Waals surface area contributed by atoms with Crippen molar-refractivity contribution in [3.8, 4) is 11.4 Å². The predicted octanol–water partition coefficient (Wildman–Crippen LogP) is 2.54. The molecule has 0 bridgehead atoms. The van der Waals surface area contributed by atoms with Crippen LogP contribution in [-0.2, 0) is 9.53 Å². The van der Waals surface area contributed by atoms with E-state index in [2.05, 4.69) is 32.5 Å². The van der Waals surface area contributed by atoms with Gasteiger partial charge in [0, 0.05) is 36.5 Å². The molecular weight excluding hydrogens is 350 g/mol. The molecule has 0 radical (unpaired) electrons. The van der Waals surface area contributed by atoms with Gasteiger partial charge in [0.1, 0.15) is 10.6 Å². The molecule has 7 nitrogen and oxygen atoms in total. The van der Waals surface area contributed by atoms with E-state index in [9.17, 15) is 4.79 Å². The number of hydrogen-bond donors (Lipinski definition) is 2. The highest BCUT2D eigenvalue weighted by atomic mass is 32.1. The van der Waals surface area contributed by atoms with Crippen LogP contribution in [0.15, 0.2) is 24.5 Å². The van der Waals surface area contributed by atoms with Crippen LogP contribution < -0.4 is 10.6 Å². The molecule has 0 unspecified atom stereocenters. The molecule has 2 N–H and O–H groups in total. The van der Waals surface area contributed by atoms with E-state index in [1.165, 1.54) is 4.88 Å². The standard InChI is InChI=1S/C18H21N5O2S/c1-11-12(2)26-18-15(11)17(21-10-14(24)20-7-8-25-3)22-16(23-18)13-5-4-6-19-9-13/h4-6,9H,7-8,10H2,1-3H3,(H,20,24)(H,21,22,23). The number of carbonyl (C=O) groups excluding carboxylic acids is 1. The number of nitrogens with one attached hydrogen (secondary N) is 2. The average molecular weight is 371 g/mol. The van der Waals surface area contributed by atoms with Crippen LogP contribution in [0.2, 0.25) is 0 Å². The van der Waals surface area contributed by atoms with Gasteiger partial charge in [0.15, 0.2) is 5.82 Å². The van der Waals surface area contributed by atoms with Crippen LogP contribution in [0.25, 0.3) is 21.6 Å². The lowest BCUT2D eigenvalue weighted by atomic mass is 10.2. The third-order valence-electron chi connectivity index (χ3n) is 3.99. The van der Waals surface area contributed by atoms with Crippen molar-refractivity contribution in [3.05, 3.63) is 35.0 Å². The Hall–Kier alpha value is -2.58. The largest absolute Gasteiger partial charge is 0.383 e. The van der Waals surface area contributed by atoms with Gasteiger partial charge in [-0.25, -0.2) is 9.97 Å². The molecule has 3 aromatic rings. The van der Waals surface area contributed by atoms with Crippen molar-refractivity contribution in [1.82, 2.24) is 20.3 Å². The number of aryl methyl sites for hydroxylation is 2. The summed E-state index contributed by atoms with van der Waals surface area (Å²) >= 11 is 1.62. The molecule has 3 aromatic heterocycles. The molecule has 0 aliphatic rings. The molecule has 1 amide bonds. The van der Waals surface area contributed by atoms with Gasteiger partial charge < -0.3 is 15.4 Å². The van der Waals surface area contributed by atoms with E-state index in [4.69, 9.17) is 4.74 Å². The van der Waals surface area contributed by atoms with Crippen molar-refractivity contribution in [2.24, 2.45) is 0 Å². The first kappa shape index (κ1) is 18.2. The van der Waals surface area contributed by atoms with Crippen LogP contribution in [0.5, 0.6) is 0 Å². The molecule has 136 valence electrons. The maximum Gasteiger partial charge on any atom is 0.239 e. The monoisotopic (exact) mass is 371 g/mol. The Kier molecular flexibility index (Phi) is 5.75. The van der Waals surface area contributed by atoms with Crippen LogP contribution in [0.3, 0.4) is 0 Å². The number of carbonyl (C=O) groups is 1. The molecule has 0 spiro atoms. The summed E-state index contributed by atoms with van der Waals surface area (Å²) in [5, 5.41) is 6.91. The summed E-state index contributed by atoms with van der Waals surface area (Å²) in [4.78, 5) is 27.6. The highest BCUT2D eigenvalue weighted by molar-refractivity contribution is 7.18. The third-order valence-corrected chi connectivity index (χ3v) is 5.09. The van der Waals surface area contributed by atoms with Crippen molar-refractivity contribution in [1.29, 1.82) is 0 Å². The first-order valence-electron chi connectivity index (χ1n) is 8.27. The van der Waals surface area contributed by atoms with Crippen molar-refractivity contribution in [3.63, 3.8) is 0 Å². The van der Waals surface area contributed by atoms with E-state index < -0.39 is 0 Å². The molecule has 0 aliphatic heterocycles. The van der Waals surface area contributed by atoms with Crippen molar-refractivity contribution in [2.75, 3.05) is 32.1 Å². The molecule has 26 heavy (non-hydrogen) atoms. The number of pyridine rings is 1. The smallest absolute Gasteiger partial charge is 0.239 e. The van der Waals surface area contributed by atoms with Crippen molar-refractivity contribution < 1.29 is 9.53 Å². The zero-order valence-corrected chi connectivity index (χ0v) is 15.8. The SMILES string of the molecule is COCCNC(=O)CNc1nc(-c2cccnc2)nc2sc(C)c(C)c12. The molecule has 0 saturated carbocycles. The van der Waals surface area contributed by atoms with E-state index >= 15 is 0 Å². The fourth-order valence-electron chi connectivity index (χ4n) is 2.52. The maximum atomic E-state index is 12.0. The van der Waals surface area contributed by atoms with Crippen LogP contribution >= 0.6 is 11.3 Å². The van der Waals surface area contributed by atoms with Crippen LogP contribution in [0, 0.1) is 13.8 Å². The van der Waals surface area contributed by atoms with Crippen LogP contribution in [0.4, 0.5) is 5.82 Å². The molecule has 0 saturated heterocycles. The summed E-state index contributed by atoms with van der Waals surface area (Å²) in [6, 6.07) is 3.77. The number of hydrogen-bond acceptors (Lipinski definition) is 7. The summed E-state index contributed by atoms with van der Waals surface area (Å²) in [7, 11) is 1.60. The molecule has 0 aromatic carbocycles. The Morgan fingerprint density at radius 2 is 2.15 bits per heavy atom. The predicted molar refractivity (Wildman–Crippen MR) is 103 cm³/mol. The number of nitrogens with zero attached hydrogens (tertiary/aromatic N) is 3. The van der Waals surface area contributed by atoms with Gasteiger partial charge in [-0.15, -0.1) is 11.3 Å². The highest BCUT2D eigenvalue weighted by Gasteiger charge is 2.16. The molecule has 0 atom stereocenters. The number of ether oxygens (including phenoxy) is 1. The average Bonchev–Trinajstić information content (AvgIpc) is 2.95. The van der Waals surface area contributed by atoms with E-state index in [1.54, 1.807) is 30.8 Å². The number of anilines is 1. The minimum absolute atomic E-state index is 0.110. The fourth-order valence-corrected chi connectivity index (χ4v) is 3.55. The number of amides is 1. The zero-order chi connectivity index (χ0) is 18.5. The van der Waals surface area contributed by atoms with Gasteiger partial charge in [-0.3, -0.25) is 9.78 Å². The minimum atomic E-state index is -0.110. The summed E-state index contributed by atoms with van der Waals surface area (Å²) in [6.07, 6.45) is 3.45.